The normalized spacial score (nSPS) is 37.7. The maximum Gasteiger partial charge on any atom is 0.0161 e. The number of nitrogens with one attached hydrogen (secondary N) is 1. The van der Waals surface area contributed by atoms with Crippen LogP contribution in [0.1, 0.15) is 39.0 Å². The monoisotopic (exact) mass is 196 g/mol. The van der Waals surface area contributed by atoms with Gasteiger partial charge in [0.1, 0.15) is 0 Å². The van der Waals surface area contributed by atoms with E-state index >= 15 is 0 Å². The molecule has 0 aromatic heterocycles. The van der Waals surface area contributed by atoms with Crippen molar-refractivity contribution in [3.8, 4) is 0 Å². The molecule has 0 heterocycles. The van der Waals surface area contributed by atoms with Crippen LogP contribution in [0.2, 0.25) is 0 Å². The molecule has 0 amide bonds. The van der Waals surface area contributed by atoms with Crippen molar-refractivity contribution in [2.75, 3.05) is 13.1 Å². The summed E-state index contributed by atoms with van der Waals surface area (Å²) in [6, 6.07) is 0.494. The van der Waals surface area contributed by atoms with Crippen LogP contribution in [-0.4, -0.2) is 19.1 Å². The standard InChI is InChI=1S/C12H24N2/c1-9(8-13)14-5-4-12-7-10-2-3-11(12)6-10/h9-12,14H,2-8,13H2,1H3. The molecule has 4 unspecified atom stereocenters. The Labute approximate surface area is 87.6 Å². The van der Waals surface area contributed by atoms with Gasteiger partial charge < -0.3 is 11.1 Å². The maximum atomic E-state index is 5.56. The zero-order valence-electron chi connectivity index (χ0n) is 9.34. The largest absolute Gasteiger partial charge is 0.329 e. The molecule has 3 N–H and O–H groups in total. The molecule has 14 heavy (non-hydrogen) atoms. The smallest absolute Gasteiger partial charge is 0.0161 e. The highest BCUT2D eigenvalue weighted by Crippen LogP contribution is 2.49. The van der Waals surface area contributed by atoms with Crippen molar-refractivity contribution in [1.29, 1.82) is 0 Å². The predicted molar refractivity (Wildman–Crippen MR) is 60.1 cm³/mol. The van der Waals surface area contributed by atoms with E-state index in [1.807, 2.05) is 0 Å². The third-order valence-corrected chi connectivity index (χ3v) is 4.25. The highest BCUT2D eigenvalue weighted by atomic mass is 14.9. The second kappa shape index (κ2) is 4.63. The molecule has 2 heteroatoms. The number of rotatable bonds is 5. The summed E-state index contributed by atoms with van der Waals surface area (Å²) in [5, 5.41) is 3.49. The first-order valence-electron chi connectivity index (χ1n) is 6.23. The molecule has 0 aromatic carbocycles. The van der Waals surface area contributed by atoms with Gasteiger partial charge in [0, 0.05) is 12.6 Å². The summed E-state index contributed by atoms with van der Waals surface area (Å²) in [5.41, 5.74) is 5.56. The Balaban J connectivity index is 1.62. The van der Waals surface area contributed by atoms with Gasteiger partial charge in [0.05, 0.1) is 0 Å². The molecule has 2 saturated carbocycles. The maximum absolute atomic E-state index is 5.56. The lowest BCUT2D eigenvalue weighted by Gasteiger charge is -2.22. The van der Waals surface area contributed by atoms with Crippen LogP contribution in [0.3, 0.4) is 0 Å². The van der Waals surface area contributed by atoms with Gasteiger partial charge in [0.15, 0.2) is 0 Å². The minimum atomic E-state index is 0.494. The lowest BCUT2D eigenvalue weighted by molar-refractivity contribution is 0.306. The number of fused-ring (bicyclic) bond motifs is 2. The van der Waals surface area contributed by atoms with Crippen LogP contribution in [-0.2, 0) is 0 Å². The highest BCUT2D eigenvalue weighted by molar-refractivity contribution is 4.90. The van der Waals surface area contributed by atoms with E-state index in [0.717, 1.165) is 24.3 Å². The van der Waals surface area contributed by atoms with Crippen molar-refractivity contribution >= 4 is 0 Å². The molecule has 2 nitrogen and oxygen atoms in total. The Morgan fingerprint density at radius 2 is 2.21 bits per heavy atom. The Bertz CT molecular complexity index is 181. The number of nitrogens with two attached hydrogens (primary N) is 1. The molecule has 0 aromatic rings. The van der Waals surface area contributed by atoms with E-state index in [2.05, 4.69) is 12.2 Å². The van der Waals surface area contributed by atoms with Gasteiger partial charge in [-0.2, -0.15) is 0 Å². The lowest BCUT2D eigenvalue weighted by atomic mass is 9.86. The van der Waals surface area contributed by atoms with Gasteiger partial charge in [0.2, 0.25) is 0 Å². The fourth-order valence-corrected chi connectivity index (χ4v) is 3.33. The second-order valence-corrected chi connectivity index (χ2v) is 5.31. The van der Waals surface area contributed by atoms with Crippen LogP contribution < -0.4 is 11.1 Å². The molecule has 0 radical (unpaired) electrons. The minimum absolute atomic E-state index is 0.494. The summed E-state index contributed by atoms with van der Waals surface area (Å²) in [6.45, 7) is 4.10. The summed E-state index contributed by atoms with van der Waals surface area (Å²) in [7, 11) is 0. The van der Waals surface area contributed by atoms with E-state index in [1.165, 1.54) is 38.6 Å². The first kappa shape index (κ1) is 10.4. The molecule has 2 rings (SSSR count). The molecule has 0 spiro atoms. The van der Waals surface area contributed by atoms with Gasteiger partial charge in [-0.25, -0.2) is 0 Å². The summed E-state index contributed by atoms with van der Waals surface area (Å²) >= 11 is 0. The van der Waals surface area contributed by atoms with Crippen LogP contribution in [0.5, 0.6) is 0 Å². The fourth-order valence-electron chi connectivity index (χ4n) is 3.33. The molecular formula is C12H24N2. The first-order chi connectivity index (χ1) is 6.79. The summed E-state index contributed by atoms with van der Waals surface area (Å²) in [6.07, 6.45) is 7.47. The zero-order valence-corrected chi connectivity index (χ0v) is 9.34. The average molecular weight is 196 g/mol. The fraction of sp³-hybridized carbons (Fsp3) is 1.00. The average Bonchev–Trinajstić information content (AvgIpc) is 2.79. The van der Waals surface area contributed by atoms with E-state index < -0.39 is 0 Å². The first-order valence-corrected chi connectivity index (χ1v) is 6.23. The van der Waals surface area contributed by atoms with Gasteiger partial charge in [0.25, 0.3) is 0 Å². The van der Waals surface area contributed by atoms with E-state index in [4.69, 9.17) is 5.73 Å². The van der Waals surface area contributed by atoms with E-state index in [9.17, 15) is 0 Å². The number of hydrogen-bond acceptors (Lipinski definition) is 2. The minimum Gasteiger partial charge on any atom is -0.329 e. The third-order valence-electron chi connectivity index (χ3n) is 4.25. The van der Waals surface area contributed by atoms with Crippen molar-refractivity contribution in [2.24, 2.45) is 23.5 Å². The van der Waals surface area contributed by atoms with Gasteiger partial charge in [-0.15, -0.1) is 0 Å². The molecule has 0 saturated heterocycles. The molecular weight excluding hydrogens is 172 g/mol. The molecule has 4 atom stereocenters. The SMILES string of the molecule is CC(CN)NCCC1CC2CCC1C2. The molecule has 2 fully saturated rings. The van der Waals surface area contributed by atoms with Crippen LogP contribution in [0.25, 0.3) is 0 Å². The predicted octanol–water partition coefficient (Wildman–Crippen LogP) is 1.75. The van der Waals surface area contributed by atoms with Crippen LogP contribution in [0.15, 0.2) is 0 Å². The topological polar surface area (TPSA) is 38.0 Å². The van der Waals surface area contributed by atoms with E-state index in [-0.39, 0.29) is 0 Å². The summed E-state index contributed by atoms with van der Waals surface area (Å²) in [5.74, 6) is 3.21. The highest BCUT2D eigenvalue weighted by Gasteiger charge is 2.38. The van der Waals surface area contributed by atoms with E-state index in [1.54, 1.807) is 0 Å². The van der Waals surface area contributed by atoms with Crippen LogP contribution in [0, 0.1) is 17.8 Å². The van der Waals surface area contributed by atoms with Gasteiger partial charge >= 0.3 is 0 Å². The van der Waals surface area contributed by atoms with Gasteiger partial charge in [-0.05, 0) is 56.9 Å². The summed E-state index contributed by atoms with van der Waals surface area (Å²) in [4.78, 5) is 0. The molecule has 82 valence electrons. The molecule has 2 aliphatic carbocycles. The quantitative estimate of drug-likeness (QED) is 0.703. The molecule has 0 aliphatic heterocycles. The zero-order chi connectivity index (χ0) is 9.97. The van der Waals surface area contributed by atoms with E-state index in [0.29, 0.717) is 6.04 Å². The Kier molecular flexibility index (Phi) is 3.45. The lowest BCUT2D eigenvalue weighted by Crippen LogP contribution is -2.34. The van der Waals surface area contributed by atoms with Crippen molar-refractivity contribution < 1.29 is 0 Å². The third kappa shape index (κ3) is 2.29. The molecule has 2 aliphatic rings. The van der Waals surface area contributed by atoms with Crippen molar-refractivity contribution in [2.45, 2.75) is 45.1 Å². The van der Waals surface area contributed by atoms with Crippen molar-refractivity contribution in [3.05, 3.63) is 0 Å². The van der Waals surface area contributed by atoms with Gasteiger partial charge in [-0.3, -0.25) is 0 Å². The Hall–Kier alpha value is -0.0800. The van der Waals surface area contributed by atoms with Gasteiger partial charge in [-0.1, -0.05) is 6.42 Å². The summed E-state index contributed by atoms with van der Waals surface area (Å²) < 4.78 is 0. The van der Waals surface area contributed by atoms with Crippen molar-refractivity contribution in [3.63, 3.8) is 0 Å². The molecule has 2 bridgehead atoms. The second-order valence-electron chi connectivity index (χ2n) is 5.31. The Morgan fingerprint density at radius 3 is 2.79 bits per heavy atom. The van der Waals surface area contributed by atoms with Crippen LogP contribution in [0.4, 0.5) is 0 Å². The van der Waals surface area contributed by atoms with Crippen LogP contribution >= 0.6 is 0 Å². The number of hydrogen-bond donors (Lipinski definition) is 2. The van der Waals surface area contributed by atoms with Crippen molar-refractivity contribution in [1.82, 2.24) is 5.32 Å². The Morgan fingerprint density at radius 1 is 1.36 bits per heavy atom.